The molecular weight excluding hydrogens is 354 g/mol. The lowest BCUT2D eigenvalue weighted by Crippen LogP contribution is -2.34. The van der Waals surface area contributed by atoms with E-state index in [1.807, 2.05) is 0 Å². The van der Waals surface area contributed by atoms with Gasteiger partial charge in [-0.1, -0.05) is 52.0 Å². The van der Waals surface area contributed by atoms with Crippen LogP contribution >= 0.6 is 0 Å². The van der Waals surface area contributed by atoms with Crippen molar-refractivity contribution in [3.05, 3.63) is 63.6 Å². The monoisotopic (exact) mass is 385 g/mol. The molecule has 0 radical (unpaired) electrons. The molecule has 0 spiro atoms. The molecule has 28 heavy (non-hydrogen) atoms. The highest BCUT2D eigenvalue weighted by Gasteiger charge is 2.20. The summed E-state index contributed by atoms with van der Waals surface area (Å²) in [6.07, 6.45) is 1.03. The van der Waals surface area contributed by atoms with E-state index in [0.29, 0.717) is 19.1 Å². The molecule has 6 nitrogen and oxygen atoms in total. The summed E-state index contributed by atoms with van der Waals surface area (Å²) in [6.45, 7) is 9.20. The average Bonchev–Trinajstić information content (AvgIpc) is 2.65. The fourth-order valence-corrected chi connectivity index (χ4v) is 3.09. The van der Waals surface area contributed by atoms with Crippen molar-refractivity contribution in [1.29, 1.82) is 0 Å². The van der Waals surface area contributed by atoms with Crippen LogP contribution in [0.25, 0.3) is 0 Å². The number of ether oxygens (including phenoxy) is 1. The molecule has 1 N–H and O–H groups in total. The van der Waals surface area contributed by atoms with Crippen LogP contribution in [-0.2, 0) is 17.7 Å². The van der Waals surface area contributed by atoms with Gasteiger partial charge in [0.2, 0.25) is 0 Å². The van der Waals surface area contributed by atoms with E-state index < -0.39 is 0 Å². The van der Waals surface area contributed by atoms with E-state index in [2.05, 4.69) is 62.4 Å². The van der Waals surface area contributed by atoms with Crippen LogP contribution in [0.5, 0.6) is 0 Å². The highest BCUT2D eigenvalue weighted by Crippen LogP contribution is 2.23. The van der Waals surface area contributed by atoms with Gasteiger partial charge in [0.15, 0.2) is 0 Å². The lowest BCUT2D eigenvalue weighted by Gasteiger charge is -2.23. The number of nitrogens with one attached hydrogen (secondary N) is 1. The molecule has 0 aliphatic heterocycles. The molecule has 1 aromatic carbocycles. The zero-order valence-corrected chi connectivity index (χ0v) is 17.4. The van der Waals surface area contributed by atoms with Crippen molar-refractivity contribution in [2.75, 3.05) is 13.7 Å². The number of hydrogen-bond donors (Lipinski definition) is 1. The third kappa shape index (κ3) is 6.02. The van der Waals surface area contributed by atoms with Crippen LogP contribution in [-0.4, -0.2) is 29.4 Å². The van der Waals surface area contributed by atoms with Gasteiger partial charge in [-0.15, -0.1) is 0 Å². The Morgan fingerprint density at radius 3 is 2.36 bits per heavy atom. The van der Waals surface area contributed by atoms with Crippen molar-refractivity contribution in [3.63, 3.8) is 0 Å². The Morgan fingerprint density at radius 1 is 1.11 bits per heavy atom. The topological polar surface area (TPSA) is 73.2 Å². The van der Waals surface area contributed by atoms with Crippen LogP contribution in [0, 0.1) is 11.8 Å². The standard InChI is InChI=1S/C22H31N3O3/c1-15(2)14-17-6-8-18(9-7-17)21(16(3)4)23-22(27)19-10-11-20(26)25(24-19)12-13-28-5/h6-11,15-16,21H,12-14H2,1-5H3,(H,23,27). The normalized spacial score (nSPS) is 12.4. The zero-order chi connectivity index (χ0) is 20.7. The second-order valence-electron chi connectivity index (χ2n) is 7.81. The smallest absolute Gasteiger partial charge is 0.272 e. The maximum Gasteiger partial charge on any atom is 0.272 e. The second-order valence-corrected chi connectivity index (χ2v) is 7.81. The van der Waals surface area contributed by atoms with Crippen LogP contribution in [0.3, 0.4) is 0 Å². The van der Waals surface area contributed by atoms with Crippen LogP contribution in [0.2, 0.25) is 0 Å². The molecule has 2 rings (SSSR count). The number of nitrogens with zero attached hydrogens (tertiary/aromatic N) is 2. The Labute approximate surface area is 166 Å². The van der Waals surface area contributed by atoms with Gasteiger partial charge in [-0.25, -0.2) is 4.68 Å². The highest BCUT2D eigenvalue weighted by molar-refractivity contribution is 5.92. The Morgan fingerprint density at radius 2 is 1.79 bits per heavy atom. The van der Waals surface area contributed by atoms with Crippen LogP contribution in [0.4, 0.5) is 0 Å². The quantitative estimate of drug-likeness (QED) is 0.719. The van der Waals surface area contributed by atoms with E-state index in [1.165, 1.54) is 22.4 Å². The molecule has 0 saturated carbocycles. The predicted octanol–water partition coefficient (Wildman–Crippen LogP) is 3.22. The molecule has 0 fully saturated rings. The third-order valence-electron chi connectivity index (χ3n) is 4.54. The van der Waals surface area contributed by atoms with Gasteiger partial charge in [0, 0.05) is 13.2 Å². The second kappa shape index (κ2) is 10.2. The lowest BCUT2D eigenvalue weighted by atomic mass is 9.93. The first-order chi connectivity index (χ1) is 13.3. The van der Waals surface area contributed by atoms with Crippen LogP contribution in [0.15, 0.2) is 41.2 Å². The average molecular weight is 386 g/mol. The van der Waals surface area contributed by atoms with Gasteiger partial charge in [-0.05, 0) is 35.4 Å². The number of amides is 1. The zero-order valence-electron chi connectivity index (χ0n) is 17.4. The van der Waals surface area contributed by atoms with Crippen molar-refractivity contribution < 1.29 is 9.53 Å². The number of rotatable bonds is 9. The Hall–Kier alpha value is -2.47. The first-order valence-corrected chi connectivity index (χ1v) is 9.78. The minimum absolute atomic E-state index is 0.137. The van der Waals surface area contributed by atoms with Crippen molar-refractivity contribution >= 4 is 5.91 Å². The summed E-state index contributed by atoms with van der Waals surface area (Å²) in [5.74, 6) is 0.515. The van der Waals surface area contributed by atoms with Crippen molar-refractivity contribution in [1.82, 2.24) is 15.1 Å². The summed E-state index contributed by atoms with van der Waals surface area (Å²) in [4.78, 5) is 24.6. The van der Waals surface area contributed by atoms with Gasteiger partial charge in [-0.3, -0.25) is 9.59 Å². The van der Waals surface area contributed by atoms with Gasteiger partial charge < -0.3 is 10.1 Å². The van der Waals surface area contributed by atoms with E-state index in [9.17, 15) is 9.59 Å². The van der Waals surface area contributed by atoms with Crippen molar-refractivity contribution in [2.24, 2.45) is 11.8 Å². The molecule has 6 heteroatoms. The van der Waals surface area contributed by atoms with Gasteiger partial charge in [0.25, 0.3) is 11.5 Å². The van der Waals surface area contributed by atoms with Gasteiger partial charge in [-0.2, -0.15) is 5.10 Å². The van der Waals surface area contributed by atoms with Crippen molar-refractivity contribution in [3.8, 4) is 0 Å². The summed E-state index contributed by atoms with van der Waals surface area (Å²) in [5, 5.41) is 7.24. The molecule has 1 aromatic heterocycles. The van der Waals surface area contributed by atoms with E-state index in [4.69, 9.17) is 4.74 Å². The Kier molecular flexibility index (Phi) is 7.93. The summed E-state index contributed by atoms with van der Waals surface area (Å²) in [7, 11) is 1.56. The molecule has 1 unspecified atom stereocenters. The molecule has 0 saturated heterocycles. The van der Waals surface area contributed by atoms with E-state index >= 15 is 0 Å². The number of aromatic nitrogens is 2. The summed E-state index contributed by atoms with van der Waals surface area (Å²) >= 11 is 0. The molecule has 152 valence electrons. The number of methoxy groups -OCH3 is 1. The highest BCUT2D eigenvalue weighted by atomic mass is 16.5. The first kappa shape index (κ1) is 21.8. The van der Waals surface area contributed by atoms with Gasteiger partial charge in [0.1, 0.15) is 5.69 Å². The van der Waals surface area contributed by atoms with Gasteiger partial charge in [0.05, 0.1) is 19.2 Å². The molecule has 2 aromatic rings. The Balaban J connectivity index is 2.18. The molecule has 0 aliphatic carbocycles. The fourth-order valence-electron chi connectivity index (χ4n) is 3.09. The molecule has 1 atom stereocenters. The van der Waals surface area contributed by atoms with Crippen LogP contribution < -0.4 is 10.9 Å². The Bertz CT molecular complexity index is 826. The van der Waals surface area contributed by atoms with E-state index in [1.54, 1.807) is 7.11 Å². The number of carbonyl (C=O) groups excluding carboxylic acids is 1. The fraction of sp³-hybridized carbons (Fsp3) is 0.500. The number of benzene rings is 1. The van der Waals surface area contributed by atoms with Crippen molar-refractivity contribution in [2.45, 2.75) is 46.7 Å². The van der Waals surface area contributed by atoms with E-state index in [0.717, 1.165) is 12.0 Å². The predicted molar refractivity (Wildman–Crippen MR) is 110 cm³/mol. The molecule has 1 heterocycles. The van der Waals surface area contributed by atoms with Gasteiger partial charge >= 0.3 is 0 Å². The molecule has 0 bridgehead atoms. The first-order valence-electron chi connectivity index (χ1n) is 9.78. The summed E-state index contributed by atoms with van der Waals surface area (Å²) in [5.41, 5.74) is 2.32. The minimum Gasteiger partial charge on any atom is -0.383 e. The molecular formula is C22H31N3O3. The molecule has 1 amide bonds. The van der Waals surface area contributed by atoms with Crippen LogP contribution in [0.1, 0.15) is 55.4 Å². The molecule has 0 aliphatic rings. The third-order valence-corrected chi connectivity index (χ3v) is 4.54. The lowest BCUT2D eigenvalue weighted by molar-refractivity contribution is 0.0916. The maximum atomic E-state index is 12.8. The van der Waals surface area contributed by atoms with E-state index in [-0.39, 0.29) is 29.1 Å². The summed E-state index contributed by atoms with van der Waals surface area (Å²) in [6, 6.07) is 11.1. The maximum absolute atomic E-state index is 12.8. The SMILES string of the molecule is COCCn1nc(C(=O)NC(c2ccc(CC(C)C)cc2)C(C)C)ccc1=O. The largest absolute Gasteiger partial charge is 0.383 e. The number of carbonyl (C=O) groups is 1. The summed E-state index contributed by atoms with van der Waals surface area (Å²) < 4.78 is 6.24. The minimum atomic E-state index is -0.295. The number of hydrogen-bond acceptors (Lipinski definition) is 4.